The highest BCUT2D eigenvalue weighted by atomic mass is 19.1. The number of hydrogen-bond donors (Lipinski definition) is 1. The number of methoxy groups -OCH3 is 2. The van der Waals surface area contributed by atoms with Crippen molar-refractivity contribution in [3.8, 4) is 11.5 Å². The van der Waals surface area contributed by atoms with E-state index in [-0.39, 0.29) is 24.1 Å². The molecular formula is C23H25FN2O4. The zero-order valence-electron chi connectivity index (χ0n) is 17.5. The number of nitrogens with one attached hydrogen (secondary N) is 1. The molecule has 2 aromatic rings. The Bertz CT molecular complexity index is 985. The SMILES string of the molecule is CCN1C=C(C(=O)Nc2cc(OC)c(OC)cc2C)[C@H](c2ccc(F)cc2)CC1=O. The van der Waals surface area contributed by atoms with E-state index in [0.29, 0.717) is 34.9 Å². The van der Waals surface area contributed by atoms with Gasteiger partial charge in [-0.05, 0) is 43.2 Å². The first-order valence-corrected chi connectivity index (χ1v) is 9.68. The molecular weight excluding hydrogens is 387 g/mol. The highest BCUT2D eigenvalue weighted by Gasteiger charge is 2.32. The summed E-state index contributed by atoms with van der Waals surface area (Å²) in [5, 5.41) is 2.92. The Hall–Kier alpha value is -3.35. The fraction of sp³-hybridized carbons (Fsp3) is 0.304. The van der Waals surface area contributed by atoms with Crippen LogP contribution in [0.25, 0.3) is 0 Å². The van der Waals surface area contributed by atoms with E-state index < -0.39 is 5.92 Å². The molecule has 3 rings (SSSR count). The van der Waals surface area contributed by atoms with Gasteiger partial charge >= 0.3 is 0 Å². The summed E-state index contributed by atoms with van der Waals surface area (Å²) >= 11 is 0. The number of halogens is 1. The lowest BCUT2D eigenvalue weighted by Crippen LogP contribution is -2.35. The number of aryl methyl sites for hydroxylation is 1. The molecule has 0 bridgehead atoms. The van der Waals surface area contributed by atoms with Crippen LogP contribution >= 0.6 is 0 Å². The van der Waals surface area contributed by atoms with E-state index in [9.17, 15) is 14.0 Å². The first-order chi connectivity index (χ1) is 14.4. The fourth-order valence-corrected chi connectivity index (χ4v) is 3.52. The maximum absolute atomic E-state index is 13.4. The quantitative estimate of drug-likeness (QED) is 0.779. The molecule has 1 N–H and O–H groups in total. The van der Waals surface area contributed by atoms with E-state index in [2.05, 4.69) is 5.32 Å². The molecule has 30 heavy (non-hydrogen) atoms. The average molecular weight is 412 g/mol. The Kier molecular flexibility index (Phi) is 6.40. The second-order valence-electron chi connectivity index (χ2n) is 7.05. The Morgan fingerprint density at radius 1 is 1.17 bits per heavy atom. The molecule has 0 saturated heterocycles. The summed E-state index contributed by atoms with van der Waals surface area (Å²) in [7, 11) is 3.07. The molecule has 1 aliphatic rings. The summed E-state index contributed by atoms with van der Waals surface area (Å²) in [5.41, 5.74) is 2.54. The second kappa shape index (κ2) is 8.98. The molecule has 0 spiro atoms. The molecule has 1 aliphatic heterocycles. The summed E-state index contributed by atoms with van der Waals surface area (Å²) in [6.45, 7) is 4.16. The minimum atomic E-state index is -0.457. The number of carbonyl (C=O) groups is 2. The summed E-state index contributed by atoms with van der Waals surface area (Å²) < 4.78 is 24.0. The number of benzene rings is 2. The van der Waals surface area contributed by atoms with Gasteiger partial charge in [-0.1, -0.05) is 12.1 Å². The maximum atomic E-state index is 13.4. The van der Waals surface area contributed by atoms with Crippen LogP contribution in [-0.2, 0) is 9.59 Å². The largest absolute Gasteiger partial charge is 0.493 e. The molecule has 6 nitrogen and oxygen atoms in total. The van der Waals surface area contributed by atoms with Crippen LogP contribution in [-0.4, -0.2) is 37.5 Å². The van der Waals surface area contributed by atoms with Gasteiger partial charge < -0.3 is 19.7 Å². The third-order valence-electron chi connectivity index (χ3n) is 5.22. The fourth-order valence-electron chi connectivity index (χ4n) is 3.52. The summed E-state index contributed by atoms with van der Waals surface area (Å²) in [6, 6.07) is 9.36. The highest BCUT2D eigenvalue weighted by Crippen LogP contribution is 2.36. The molecule has 0 aromatic heterocycles. The van der Waals surface area contributed by atoms with E-state index in [1.165, 1.54) is 24.1 Å². The number of anilines is 1. The molecule has 158 valence electrons. The molecule has 1 atom stereocenters. The van der Waals surface area contributed by atoms with E-state index >= 15 is 0 Å². The Morgan fingerprint density at radius 2 is 1.80 bits per heavy atom. The predicted octanol–water partition coefficient (Wildman–Crippen LogP) is 4.01. The van der Waals surface area contributed by atoms with Crippen molar-refractivity contribution in [2.24, 2.45) is 0 Å². The van der Waals surface area contributed by atoms with Crippen molar-refractivity contribution in [3.63, 3.8) is 0 Å². The van der Waals surface area contributed by atoms with Crippen molar-refractivity contribution in [2.75, 3.05) is 26.1 Å². The Morgan fingerprint density at radius 3 is 2.40 bits per heavy atom. The summed E-state index contributed by atoms with van der Waals surface area (Å²) in [4.78, 5) is 27.2. The van der Waals surface area contributed by atoms with Crippen LogP contribution in [0.2, 0.25) is 0 Å². The lowest BCUT2D eigenvalue weighted by Gasteiger charge is -2.30. The summed E-state index contributed by atoms with van der Waals surface area (Å²) in [6.07, 6.45) is 1.73. The van der Waals surface area contributed by atoms with Crippen LogP contribution in [0.1, 0.15) is 30.4 Å². The number of amides is 2. The average Bonchev–Trinajstić information content (AvgIpc) is 2.75. The lowest BCUT2D eigenvalue weighted by molar-refractivity contribution is -0.129. The number of nitrogens with zero attached hydrogens (tertiary/aromatic N) is 1. The van der Waals surface area contributed by atoms with Crippen molar-refractivity contribution < 1.29 is 23.5 Å². The van der Waals surface area contributed by atoms with Crippen LogP contribution in [0.15, 0.2) is 48.2 Å². The van der Waals surface area contributed by atoms with Crippen molar-refractivity contribution in [2.45, 2.75) is 26.2 Å². The maximum Gasteiger partial charge on any atom is 0.253 e. The van der Waals surface area contributed by atoms with E-state index in [1.54, 1.807) is 37.6 Å². The van der Waals surface area contributed by atoms with E-state index in [1.807, 2.05) is 13.8 Å². The third-order valence-corrected chi connectivity index (χ3v) is 5.22. The van der Waals surface area contributed by atoms with Crippen LogP contribution < -0.4 is 14.8 Å². The normalized spacial score (nSPS) is 16.2. The third kappa shape index (κ3) is 4.30. The molecule has 0 fully saturated rings. The van der Waals surface area contributed by atoms with Crippen LogP contribution in [0, 0.1) is 12.7 Å². The first-order valence-electron chi connectivity index (χ1n) is 9.68. The zero-order chi connectivity index (χ0) is 21.8. The number of rotatable bonds is 6. The van der Waals surface area contributed by atoms with E-state index in [0.717, 1.165) is 5.56 Å². The minimum Gasteiger partial charge on any atom is -0.493 e. The summed E-state index contributed by atoms with van der Waals surface area (Å²) in [5.74, 6) is -0.169. The monoisotopic (exact) mass is 412 g/mol. The number of ether oxygens (including phenoxy) is 2. The molecule has 0 radical (unpaired) electrons. The molecule has 7 heteroatoms. The van der Waals surface area contributed by atoms with Gasteiger partial charge in [0.1, 0.15) is 5.82 Å². The van der Waals surface area contributed by atoms with Gasteiger partial charge in [-0.15, -0.1) is 0 Å². The highest BCUT2D eigenvalue weighted by molar-refractivity contribution is 6.06. The molecule has 1 heterocycles. The van der Waals surface area contributed by atoms with Crippen molar-refractivity contribution in [1.82, 2.24) is 4.90 Å². The van der Waals surface area contributed by atoms with Gasteiger partial charge in [-0.3, -0.25) is 9.59 Å². The van der Waals surface area contributed by atoms with Gasteiger partial charge in [0.15, 0.2) is 11.5 Å². The van der Waals surface area contributed by atoms with Crippen molar-refractivity contribution in [1.29, 1.82) is 0 Å². The Labute approximate surface area is 175 Å². The standard InChI is InChI=1S/C23H25FN2O4/c1-5-26-13-18(17(11-22(26)27)15-6-8-16(24)9-7-15)23(28)25-19-12-21(30-4)20(29-3)10-14(19)2/h6-10,12-13,17H,5,11H2,1-4H3,(H,25,28)/t17-/m0/s1. The molecule has 2 amide bonds. The topological polar surface area (TPSA) is 67.9 Å². The van der Waals surface area contributed by atoms with Gasteiger partial charge in [-0.2, -0.15) is 0 Å². The molecule has 0 saturated carbocycles. The van der Waals surface area contributed by atoms with Gasteiger partial charge in [0.2, 0.25) is 5.91 Å². The van der Waals surface area contributed by atoms with Gasteiger partial charge in [0.05, 0.1) is 14.2 Å². The van der Waals surface area contributed by atoms with Gasteiger partial charge in [-0.25, -0.2) is 4.39 Å². The minimum absolute atomic E-state index is 0.0781. The van der Waals surface area contributed by atoms with Gasteiger partial charge in [0, 0.05) is 42.4 Å². The molecule has 2 aromatic carbocycles. The molecule has 0 aliphatic carbocycles. The predicted molar refractivity (Wildman–Crippen MR) is 112 cm³/mol. The zero-order valence-corrected chi connectivity index (χ0v) is 17.5. The first kappa shape index (κ1) is 21.4. The van der Waals surface area contributed by atoms with Gasteiger partial charge in [0.25, 0.3) is 5.91 Å². The van der Waals surface area contributed by atoms with Crippen LogP contribution in [0.3, 0.4) is 0 Å². The lowest BCUT2D eigenvalue weighted by atomic mass is 9.85. The smallest absolute Gasteiger partial charge is 0.253 e. The van der Waals surface area contributed by atoms with Crippen molar-refractivity contribution >= 4 is 17.5 Å². The van der Waals surface area contributed by atoms with Crippen molar-refractivity contribution in [3.05, 3.63) is 65.1 Å². The van der Waals surface area contributed by atoms with Crippen LogP contribution in [0.4, 0.5) is 10.1 Å². The van der Waals surface area contributed by atoms with E-state index in [4.69, 9.17) is 9.47 Å². The Balaban J connectivity index is 1.96. The second-order valence-corrected chi connectivity index (χ2v) is 7.05. The molecule has 0 unspecified atom stereocenters. The number of hydrogen-bond acceptors (Lipinski definition) is 4. The number of carbonyl (C=O) groups excluding carboxylic acids is 2. The van der Waals surface area contributed by atoms with Crippen LogP contribution in [0.5, 0.6) is 11.5 Å².